The molecule has 24 heavy (non-hydrogen) atoms. The number of nitrogens with zero attached hydrogens (tertiary/aromatic N) is 1. The van der Waals surface area contributed by atoms with Gasteiger partial charge in [0, 0.05) is 12.6 Å². The molecule has 0 fully saturated rings. The van der Waals surface area contributed by atoms with Gasteiger partial charge in [-0.25, -0.2) is 0 Å². The third kappa shape index (κ3) is 4.59. The van der Waals surface area contributed by atoms with Gasteiger partial charge in [-0.3, -0.25) is 9.59 Å². The zero-order valence-electron chi connectivity index (χ0n) is 14.1. The largest absolute Gasteiger partial charge is 0.497 e. The second-order valence-electron chi connectivity index (χ2n) is 5.43. The van der Waals surface area contributed by atoms with E-state index in [1.165, 1.54) is 4.90 Å². The molecule has 0 radical (unpaired) electrons. The van der Waals surface area contributed by atoms with Gasteiger partial charge in [-0.2, -0.15) is 0 Å². The van der Waals surface area contributed by atoms with E-state index in [0.717, 1.165) is 5.56 Å². The average molecular weight is 327 g/mol. The summed E-state index contributed by atoms with van der Waals surface area (Å²) >= 11 is 0. The highest BCUT2D eigenvalue weighted by atomic mass is 16.5. The van der Waals surface area contributed by atoms with Crippen molar-refractivity contribution in [1.82, 2.24) is 4.90 Å². The third-order valence-corrected chi connectivity index (χ3v) is 3.71. The molecule has 0 aromatic heterocycles. The molecule has 0 unspecified atom stereocenters. The number of rotatable bonds is 7. The first-order valence-electron chi connectivity index (χ1n) is 7.57. The number of methoxy groups -OCH3 is 2. The van der Waals surface area contributed by atoms with Gasteiger partial charge < -0.3 is 14.4 Å². The van der Waals surface area contributed by atoms with Crippen molar-refractivity contribution in [3.05, 3.63) is 59.7 Å². The summed E-state index contributed by atoms with van der Waals surface area (Å²) in [4.78, 5) is 26.0. The highest BCUT2D eigenvalue weighted by Gasteiger charge is 2.15. The molecule has 2 aromatic carbocycles. The van der Waals surface area contributed by atoms with Gasteiger partial charge in [-0.05, 0) is 42.0 Å². The van der Waals surface area contributed by atoms with Gasteiger partial charge in [0.05, 0.1) is 27.2 Å². The minimum absolute atomic E-state index is 0.0368. The number of benzene rings is 2. The Morgan fingerprint density at radius 1 is 0.958 bits per heavy atom. The summed E-state index contributed by atoms with van der Waals surface area (Å²) in [6, 6.07) is 14.2. The van der Waals surface area contributed by atoms with E-state index in [4.69, 9.17) is 9.47 Å². The van der Waals surface area contributed by atoms with Gasteiger partial charge in [-0.1, -0.05) is 12.1 Å². The van der Waals surface area contributed by atoms with Crippen molar-refractivity contribution < 1.29 is 19.1 Å². The maximum absolute atomic E-state index is 12.3. The SMILES string of the molecule is COc1ccc(C(=O)CN(C)C(=O)Cc2cccc(OC)c2)cc1. The lowest BCUT2D eigenvalue weighted by Gasteiger charge is -2.16. The molecular weight excluding hydrogens is 306 g/mol. The summed E-state index contributed by atoms with van der Waals surface area (Å²) in [5.74, 6) is 1.16. The van der Waals surface area contributed by atoms with Crippen LogP contribution in [0.2, 0.25) is 0 Å². The second kappa shape index (κ2) is 8.15. The quantitative estimate of drug-likeness (QED) is 0.734. The first kappa shape index (κ1) is 17.5. The summed E-state index contributed by atoms with van der Waals surface area (Å²) in [5, 5.41) is 0. The van der Waals surface area contributed by atoms with Crippen LogP contribution in [0, 0.1) is 0 Å². The van der Waals surface area contributed by atoms with Crippen LogP contribution in [0.25, 0.3) is 0 Å². The monoisotopic (exact) mass is 327 g/mol. The average Bonchev–Trinajstić information content (AvgIpc) is 2.61. The highest BCUT2D eigenvalue weighted by molar-refractivity contribution is 5.99. The number of hydrogen-bond acceptors (Lipinski definition) is 4. The van der Waals surface area contributed by atoms with Crippen LogP contribution in [0.1, 0.15) is 15.9 Å². The van der Waals surface area contributed by atoms with E-state index in [-0.39, 0.29) is 24.7 Å². The number of amides is 1. The molecule has 0 saturated heterocycles. The molecule has 0 heterocycles. The van der Waals surface area contributed by atoms with E-state index >= 15 is 0 Å². The molecule has 5 heteroatoms. The van der Waals surface area contributed by atoms with Crippen LogP contribution in [0.5, 0.6) is 11.5 Å². The zero-order valence-corrected chi connectivity index (χ0v) is 14.1. The van der Waals surface area contributed by atoms with Crippen LogP contribution in [-0.4, -0.2) is 44.4 Å². The number of likely N-dealkylation sites (N-methyl/N-ethyl adjacent to an activating group) is 1. The number of ketones is 1. The Kier molecular flexibility index (Phi) is 5.95. The van der Waals surface area contributed by atoms with E-state index < -0.39 is 0 Å². The van der Waals surface area contributed by atoms with Gasteiger partial charge in [0.15, 0.2) is 5.78 Å². The van der Waals surface area contributed by atoms with Gasteiger partial charge >= 0.3 is 0 Å². The van der Waals surface area contributed by atoms with Crippen molar-refractivity contribution in [3.8, 4) is 11.5 Å². The normalized spacial score (nSPS) is 10.1. The van der Waals surface area contributed by atoms with Gasteiger partial charge in [0.1, 0.15) is 11.5 Å². The van der Waals surface area contributed by atoms with Crippen molar-refractivity contribution in [3.63, 3.8) is 0 Å². The lowest BCUT2D eigenvalue weighted by Crippen LogP contribution is -2.33. The standard InChI is InChI=1S/C19H21NO4/c1-20(13-18(21)15-7-9-16(23-2)10-8-15)19(22)12-14-5-4-6-17(11-14)24-3/h4-11H,12-13H2,1-3H3. The fourth-order valence-corrected chi connectivity index (χ4v) is 2.26. The molecule has 0 saturated carbocycles. The molecule has 2 rings (SSSR count). The summed E-state index contributed by atoms with van der Waals surface area (Å²) in [6.07, 6.45) is 0.226. The summed E-state index contributed by atoms with van der Waals surface area (Å²) < 4.78 is 10.2. The fraction of sp³-hybridized carbons (Fsp3) is 0.263. The minimum Gasteiger partial charge on any atom is -0.497 e. The molecule has 0 bridgehead atoms. The van der Waals surface area contributed by atoms with Crippen LogP contribution in [0.15, 0.2) is 48.5 Å². The van der Waals surface area contributed by atoms with Crippen molar-refractivity contribution in [2.24, 2.45) is 0 Å². The minimum atomic E-state index is -0.120. The van der Waals surface area contributed by atoms with Crippen LogP contribution in [-0.2, 0) is 11.2 Å². The molecule has 0 aliphatic rings. The second-order valence-corrected chi connectivity index (χ2v) is 5.43. The van der Waals surface area contributed by atoms with E-state index in [1.54, 1.807) is 45.5 Å². The first-order chi connectivity index (χ1) is 11.5. The van der Waals surface area contributed by atoms with Crippen molar-refractivity contribution in [2.75, 3.05) is 27.8 Å². The van der Waals surface area contributed by atoms with E-state index in [0.29, 0.717) is 17.1 Å². The Hall–Kier alpha value is -2.82. The molecule has 0 atom stereocenters. The highest BCUT2D eigenvalue weighted by Crippen LogP contribution is 2.14. The number of hydrogen-bond donors (Lipinski definition) is 0. The Labute approximate surface area is 141 Å². The number of carbonyl (C=O) groups excluding carboxylic acids is 2. The topological polar surface area (TPSA) is 55.8 Å². The summed E-state index contributed by atoms with van der Waals surface area (Å²) in [5.41, 5.74) is 1.40. The Bertz CT molecular complexity index is 710. The maximum atomic E-state index is 12.3. The van der Waals surface area contributed by atoms with E-state index in [9.17, 15) is 9.59 Å². The van der Waals surface area contributed by atoms with Gasteiger partial charge in [-0.15, -0.1) is 0 Å². The Morgan fingerprint density at radius 2 is 1.62 bits per heavy atom. The molecule has 5 nitrogen and oxygen atoms in total. The number of ether oxygens (including phenoxy) is 2. The first-order valence-corrected chi connectivity index (χ1v) is 7.57. The van der Waals surface area contributed by atoms with Gasteiger partial charge in [0.25, 0.3) is 0 Å². The molecule has 2 aromatic rings. The molecule has 1 amide bonds. The lowest BCUT2D eigenvalue weighted by molar-refractivity contribution is -0.128. The zero-order chi connectivity index (χ0) is 17.5. The van der Waals surface area contributed by atoms with Crippen molar-refractivity contribution >= 4 is 11.7 Å². The Balaban J connectivity index is 1.95. The van der Waals surface area contributed by atoms with E-state index in [1.807, 2.05) is 24.3 Å². The smallest absolute Gasteiger partial charge is 0.227 e. The molecule has 0 aliphatic heterocycles. The molecule has 0 spiro atoms. The molecule has 0 N–H and O–H groups in total. The molecule has 0 aliphatic carbocycles. The number of carbonyl (C=O) groups is 2. The third-order valence-electron chi connectivity index (χ3n) is 3.71. The molecular formula is C19H21NO4. The molecule has 126 valence electrons. The predicted molar refractivity (Wildman–Crippen MR) is 91.7 cm³/mol. The van der Waals surface area contributed by atoms with Crippen molar-refractivity contribution in [1.29, 1.82) is 0 Å². The fourth-order valence-electron chi connectivity index (χ4n) is 2.26. The predicted octanol–water partition coefficient (Wildman–Crippen LogP) is 2.59. The van der Waals surface area contributed by atoms with Crippen molar-refractivity contribution in [2.45, 2.75) is 6.42 Å². The van der Waals surface area contributed by atoms with E-state index in [2.05, 4.69) is 0 Å². The summed E-state index contributed by atoms with van der Waals surface area (Å²) in [6.45, 7) is 0.0368. The van der Waals surface area contributed by atoms with Crippen LogP contribution in [0.4, 0.5) is 0 Å². The van der Waals surface area contributed by atoms with Crippen LogP contribution < -0.4 is 9.47 Å². The van der Waals surface area contributed by atoms with Crippen LogP contribution >= 0.6 is 0 Å². The van der Waals surface area contributed by atoms with Gasteiger partial charge in [0.2, 0.25) is 5.91 Å². The van der Waals surface area contributed by atoms with Crippen LogP contribution in [0.3, 0.4) is 0 Å². The Morgan fingerprint density at radius 3 is 2.25 bits per heavy atom. The maximum Gasteiger partial charge on any atom is 0.227 e. The number of Topliss-reactive ketones (excluding diaryl/α,β-unsaturated/α-hetero) is 1. The summed E-state index contributed by atoms with van der Waals surface area (Å²) in [7, 11) is 4.78. The lowest BCUT2D eigenvalue weighted by atomic mass is 10.1.